The SMILES string of the molecule is N#CC1=C(c2ccc[nH]2)c2cccn2C1=N. The molecular weight excluding hydrogens is 200 g/mol. The second-order valence-corrected chi connectivity index (χ2v) is 3.56. The van der Waals surface area contributed by atoms with Gasteiger partial charge in [0.05, 0.1) is 5.69 Å². The molecule has 0 bridgehead atoms. The molecule has 0 spiro atoms. The van der Waals surface area contributed by atoms with Gasteiger partial charge in [0.2, 0.25) is 0 Å². The highest BCUT2D eigenvalue weighted by Crippen LogP contribution is 2.32. The molecule has 0 atom stereocenters. The van der Waals surface area contributed by atoms with Crippen molar-refractivity contribution in [1.82, 2.24) is 9.55 Å². The highest BCUT2D eigenvalue weighted by molar-refractivity contribution is 6.15. The summed E-state index contributed by atoms with van der Waals surface area (Å²) in [7, 11) is 0. The number of allylic oxidation sites excluding steroid dienone is 1. The highest BCUT2D eigenvalue weighted by Gasteiger charge is 2.27. The van der Waals surface area contributed by atoms with Gasteiger partial charge in [-0.1, -0.05) is 0 Å². The summed E-state index contributed by atoms with van der Waals surface area (Å²) in [6.45, 7) is 0. The third-order valence-corrected chi connectivity index (χ3v) is 2.71. The molecule has 1 aliphatic heterocycles. The average molecular weight is 208 g/mol. The Kier molecular flexibility index (Phi) is 1.62. The van der Waals surface area contributed by atoms with Crippen LogP contribution < -0.4 is 0 Å². The molecule has 2 aromatic rings. The van der Waals surface area contributed by atoms with Crippen LogP contribution in [0.3, 0.4) is 0 Å². The van der Waals surface area contributed by atoms with Crippen molar-refractivity contribution in [2.75, 3.05) is 0 Å². The smallest absolute Gasteiger partial charge is 0.148 e. The van der Waals surface area contributed by atoms with Crippen molar-refractivity contribution in [3.8, 4) is 6.07 Å². The molecule has 4 heteroatoms. The maximum atomic E-state index is 9.12. The van der Waals surface area contributed by atoms with Gasteiger partial charge in [0.25, 0.3) is 0 Å². The number of hydrogen-bond donors (Lipinski definition) is 2. The number of aromatic nitrogens is 2. The van der Waals surface area contributed by atoms with E-state index in [2.05, 4.69) is 11.1 Å². The second kappa shape index (κ2) is 2.97. The number of nitrogens with one attached hydrogen (secondary N) is 2. The predicted octanol–water partition coefficient (Wildman–Crippen LogP) is 1.98. The van der Waals surface area contributed by atoms with Crippen molar-refractivity contribution in [3.63, 3.8) is 0 Å². The van der Waals surface area contributed by atoms with E-state index in [1.54, 1.807) is 10.8 Å². The summed E-state index contributed by atoms with van der Waals surface area (Å²) in [5, 5.41) is 17.0. The zero-order valence-electron chi connectivity index (χ0n) is 8.36. The lowest BCUT2D eigenvalue weighted by Crippen LogP contribution is -2.05. The van der Waals surface area contributed by atoms with E-state index < -0.39 is 0 Å². The van der Waals surface area contributed by atoms with E-state index in [-0.39, 0.29) is 5.84 Å². The molecule has 76 valence electrons. The molecule has 16 heavy (non-hydrogen) atoms. The summed E-state index contributed by atoms with van der Waals surface area (Å²) < 4.78 is 1.72. The maximum Gasteiger partial charge on any atom is 0.148 e. The van der Waals surface area contributed by atoms with Crippen LogP contribution in [0.25, 0.3) is 5.57 Å². The largest absolute Gasteiger partial charge is 0.361 e. The van der Waals surface area contributed by atoms with E-state index in [0.29, 0.717) is 5.57 Å². The van der Waals surface area contributed by atoms with Crippen molar-refractivity contribution in [2.24, 2.45) is 0 Å². The van der Waals surface area contributed by atoms with Crippen LogP contribution in [0.1, 0.15) is 11.4 Å². The topological polar surface area (TPSA) is 68.4 Å². The van der Waals surface area contributed by atoms with Crippen molar-refractivity contribution in [2.45, 2.75) is 0 Å². The molecule has 0 radical (unpaired) electrons. The van der Waals surface area contributed by atoms with Gasteiger partial charge < -0.3 is 9.55 Å². The molecule has 0 saturated carbocycles. The molecule has 0 unspecified atom stereocenters. The maximum absolute atomic E-state index is 9.12. The first-order valence-electron chi connectivity index (χ1n) is 4.88. The number of hydrogen-bond acceptors (Lipinski definition) is 2. The second-order valence-electron chi connectivity index (χ2n) is 3.56. The molecular formula is C12H8N4. The minimum Gasteiger partial charge on any atom is -0.361 e. The van der Waals surface area contributed by atoms with E-state index >= 15 is 0 Å². The van der Waals surface area contributed by atoms with Crippen molar-refractivity contribution in [3.05, 3.63) is 53.6 Å². The average Bonchev–Trinajstić information content (AvgIpc) is 2.96. The molecule has 2 aromatic heterocycles. The van der Waals surface area contributed by atoms with Crippen molar-refractivity contribution in [1.29, 1.82) is 10.7 Å². The van der Waals surface area contributed by atoms with Gasteiger partial charge in [0.15, 0.2) is 0 Å². The van der Waals surface area contributed by atoms with Crippen LogP contribution in [0.5, 0.6) is 0 Å². The van der Waals surface area contributed by atoms with E-state index in [9.17, 15) is 0 Å². The molecule has 1 aliphatic rings. The Labute approximate surface area is 92.0 Å². The minimum atomic E-state index is 0.243. The summed E-state index contributed by atoms with van der Waals surface area (Å²) in [6, 6.07) is 9.67. The molecule has 4 nitrogen and oxygen atoms in total. The first-order chi connectivity index (χ1) is 7.83. The predicted molar refractivity (Wildman–Crippen MR) is 60.0 cm³/mol. The van der Waals surface area contributed by atoms with Crippen molar-refractivity contribution < 1.29 is 0 Å². The van der Waals surface area contributed by atoms with Crippen LogP contribution in [0, 0.1) is 16.7 Å². The normalized spacial score (nSPS) is 14.1. The van der Waals surface area contributed by atoms with E-state index in [0.717, 1.165) is 17.0 Å². The molecule has 0 saturated heterocycles. The van der Waals surface area contributed by atoms with Crippen LogP contribution in [0.2, 0.25) is 0 Å². The monoisotopic (exact) mass is 208 g/mol. The molecule has 0 aromatic carbocycles. The minimum absolute atomic E-state index is 0.243. The van der Waals surface area contributed by atoms with E-state index in [1.807, 2.05) is 30.5 Å². The fourth-order valence-electron chi connectivity index (χ4n) is 2.01. The van der Waals surface area contributed by atoms with Gasteiger partial charge >= 0.3 is 0 Å². The summed E-state index contributed by atoms with van der Waals surface area (Å²) in [5.41, 5.74) is 2.99. The lowest BCUT2D eigenvalue weighted by molar-refractivity contribution is 1.13. The zero-order chi connectivity index (χ0) is 11.1. The molecule has 3 rings (SSSR count). The van der Waals surface area contributed by atoms with Crippen LogP contribution in [0.4, 0.5) is 0 Å². The van der Waals surface area contributed by atoms with Gasteiger partial charge in [-0.15, -0.1) is 0 Å². The van der Waals surface area contributed by atoms with Gasteiger partial charge in [0.1, 0.15) is 17.5 Å². The van der Waals surface area contributed by atoms with Crippen LogP contribution >= 0.6 is 0 Å². The van der Waals surface area contributed by atoms with E-state index in [1.165, 1.54) is 0 Å². The number of H-pyrrole nitrogens is 1. The Morgan fingerprint density at radius 3 is 2.88 bits per heavy atom. The summed E-state index contributed by atoms with van der Waals surface area (Å²) in [4.78, 5) is 3.08. The molecule has 0 fully saturated rings. The highest BCUT2D eigenvalue weighted by atomic mass is 15.0. The number of nitrogens with zero attached hydrogens (tertiary/aromatic N) is 2. The fraction of sp³-hybridized carbons (Fsp3) is 0. The quantitative estimate of drug-likeness (QED) is 0.739. The number of aromatic amines is 1. The number of fused-ring (bicyclic) bond motifs is 1. The number of rotatable bonds is 1. The van der Waals surface area contributed by atoms with Crippen LogP contribution in [0.15, 0.2) is 42.2 Å². The van der Waals surface area contributed by atoms with Gasteiger partial charge in [-0.2, -0.15) is 5.26 Å². The number of nitriles is 1. The molecule has 0 amide bonds. The first-order valence-corrected chi connectivity index (χ1v) is 4.88. The summed E-state index contributed by atoms with van der Waals surface area (Å²) in [5.74, 6) is 0.243. The van der Waals surface area contributed by atoms with Crippen LogP contribution in [-0.4, -0.2) is 15.4 Å². The lowest BCUT2D eigenvalue weighted by atomic mass is 10.1. The van der Waals surface area contributed by atoms with E-state index in [4.69, 9.17) is 10.7 Å². The zero-order valence-corrected chi connectivity index (χ0v) is 8.36. The third kappa shape index (κ3) is 0.943. The Morgan fingerprint density at radius 1 is 1.31 bits per heavy atom. The molecule has 2 N–H and O–H groups in total. The Balaban J connectivity index is 2.33. The van der Waals surface area contributed by atoms with Gasteiger partial charge in [-0.25, -0.2) is 0 Å². The summed E-state index contributed by atoms with van der Waals surface area (Å²) >= 11 is 0. The van der Waals surface area contributed by atoms with Crippen LogP contribution in [-0.2, 0) is 0 Å². The lowest BCUT2D eigenvalue weighted by Gasteiger charge is -1.98. The Hall–Kier alpha value is -2.54. The third-order valence-electron chi connectivity index (χ3n) is 2.71. The fourth-order valence-corrected chi connectivity index (χ4v) is 2.01. The Morgan fingerprint density at radius 2 is 2.19 bits per heavy atom. The standard InChI is InChI=1S/C12H8N4/c13-7-8-11(9-3-1-5-15-9)10-4-2-6-16(10)12(8)14/h1-6,14-15H. The van der Waals surface area contributed by atoms with Crippen molar-refractivity contribution >= 4 is 11.4 Å². The van der Waals surface area contributed by atoms with Gasteiger partial charge in [-0.3, -0.25) is 5.41 Å². The Bertz CT molecular complexity index is 635. The van der Waals surface area contributed by atoms with Gasteiger partial charge in [0, 0.05) is 23.7 Å². The van der Waals surface area contributed by atoms with Gasteiger partial charge in [-0.05, 0) is 24.3 Å². The molecule has 3 heterocycles. The molecule has 0 aliphatic carbocycles. The first kappa shape index (κ1) is 8.74. The summed E-state index contributed by atoms with van der Waals surface area (Å²) in [6.07, 6.45) is 3.61.